The number of aromatic hydroxyl groups is 1. The minimum absolute atomic E-state index is 0.357. The van der Waals surface area contributed by atoms with Gasteiger partial charge >= 0.3 is 0 Å². The number of phenolic OH excluding ortho intramolecular Hbond substituents is 1. The van der Waals surface area contributed by atoms with Gasteiger partial charge in [0, 0.05) is 13.8 Å². The van der Waals surface area contributed by atoms with Gasteiger partial charge in [0.2, 0.25) is 0 Å². The highest BCUT2D eigenvalue weighted by Gasteiger charge is 1.97. The quantitative estimate of drug-likeness (QED) is 0.602. The lowest BCUT2D eigenvalue weighted by Gasteiger charge is -1.99. The van der Waals surface area contributed by atoms with Gasteiger partial charge in [-0.05, 0) is 52.4 Å². The summed E-state index contributed by atoms with van der Waals surface area (Å²) in [4.78, 5) is 0. The Morgan fingerprint density at radius 2 is 2.20 bits per heavy atom. The van der Waals surface area contributed by atoms with Crippen LogP contribution in [-0.4, -0.2) is 15.3 Å². The monoisotopic (exact) mass is 261 g/mol. The average molecular weight is 261 g/mol. The molecule has 0 aliphatic rings. The summed E-state index contributed by atoms with van der Waals surface area (Å²) in [5, 5.41) is 9.20. The van der Waals surface area contributed by atoms with E-state index in [9.17, 15) is 5.11 Å². The van der Waals surface area contributed by atoms with Crippen LogP contribution in [0.5, 0.6) is 5.75 Å². The van der Waals surface area contributed by atoms with Gasteiger partial charge in [0.05, 0.1) is 0 Å². The largest absolute Gasteiger partial charge is 0.508 e. The number of hydrogen-bond donors (Lipinski definition) is 1. The van der Waals surface area contributed by atoms with Gasteiger partial charge in [0.1, 0.15) is 5.75 Å². The fraction of sp³-hybridized carbons (Fsp3) is 0.143. The van der Waals surface area contributed by atoms with Gasteiger partial charge < -0.3 is 5.11 Å². The maximum atomic E-state index is 9.20. The molecule has 0 amide bonds. The molecule has 1 aromatic carbocycles. The average Bonchev–Trinajstić information content (AvgIpc) is 1.94. The van der Waals surface area contributed by atoms with E-state index in [4.69, 9.17) is 0 Å². The zero-order valence-corrected chi connectivity index (χ0v) is 8.42. The molecule has 0 atom stereocenters. The smallest absolute Gasteiger partial charge is 0.118 e. The molecule has 0 saturated carbocycles. The van der Waals surface area contributed by atoms with Crippen LogP contribution in [0, 0.1) is 3.57 Å². The molecule has 0 aromatic heterocycles. The minimum atomic E-state index is 0.357. The molecule has 3 radical (unpaired) electrons. The molecular weight excluding hydrogens is 255 g/mol. The molecule has 51 valence electrons. The second-order valence-corrected chi connectivity index (χ2v) is 3.55. The molecule has 1 aromatic rings. The van der Waals surface area contributed by atoms with Crippen molar-refractivity contribution in [2.75, 3.05) is 0 Å². The Hall–Kier alpha value is -0.0331. The Labute approximate surface area is 77.0 Å². The Kier molecular flexibility index (Phi) is 2.73. The Morgan fingerprint density at radius 1 is 1.50 bits per heavy atom. The first-order chi connectivity index (χ1) is 4.74. The number of halogens is 1. The predicted octanol–water partition coefficient (Wildman–Crippen LogP) is 1.67. The SMILES string of the molecule is Oc1ccc(I)cc1C[Si]. The zero-order valence-electron chi connectivity index (χ0n) is 5.26. The highest BCUT2D eigenvalue weighted by Crippen LogP contribution is 2.18. The standard InChI is InChI=1S/C7H6IOSi/c8-6-1-2-7(9)5(3-6)4-10/h1-3,9H,4H2. The maximum absolute atomic E-state index is 9.20. The van der Waals surface area contributed by atoms with Crippen molar-refractivity contribution in [3.05, 3.63) is 27.3 Å². The molecule has 0 spiro atoms. The Bertz CT molecular complexity index is 237. The van der Waals surface area contributed by atoms with E-state index in [2.05, 4.69) is 32.8 Å². The number of rotatable bonds is 1. The topological polar surface area (TPSA) is 20.2 Å². The van der Waals surface area contributed by atoms with E-state index in [1.54, 1.807) is 6.07 Å². The summed E-state index contributed by atoms with van der Waals surface area (Å²) in [6, 6.07) is 6.23. The molecule has 0 bridgehead atoms. The number of benzene rings is 1. The second kappa shape index (κ2) is 3.38. The Morgan fingerprint density at radius 3 is 2.70 bits per heavy atom. The summed E-state index contributed by atoms with van der Waals surface area (Å²) in [5.41, 5.74) is 0.934. The van der Waals surface area contributed by atoms with Gasteiger partial charge in [-0.15, -0.1) is 0 Å². The van der Waals surface area contributed by atoms with Crippen molar-refractivity contribution in [3.63, 3.8) is 0 Å². The molecule has 0 heterocycles. The van der Waals surface area contributed by atoms with Gasteiger partial charge in [-0.2, -0.15) is 0 Å². The summed E-state index contributed by atoms with van der Waals surface area (Å²) >= 11 is 2.21. The van der Waals surface area contributed by atoms with Crippen molar-refractivity contribution in [1.29, 1.82) is 0 Å². The summed E-state index contributed by atoms with van der Waals surface area (Å²) in [6.45, 7) is 0. The summed E-state index contributed by atoms with van der Waals surface area (Å²) in [7, 11) is 3.33. The van der Waals surface area contributed by atoms with Crippen LogP contribution in [0.4, 0.5) is 0 Å². The van der Waals surface area contributed by atoms with Crippen LogP contribution in [-0.2, 0) is 6.04 Å². The van der Waals surface area contributed by atoms with Crippen molar-refractivity contribution in [3.8, 4) is 5.75 Å². The molecule has 1 N–H and O–H groups in total. The van der Waals surface area contributed by atoms with E-state index >= 15 is 0 Å². The summed E-state index contributed by atoms with van der Waals surface area (Å²) < 4.78 is 1.14. The molecule has 3 heteroatoms. The third-order valence-electron chi connectivity index (χ3n) is 1.23. The van der Waals surface area contributed by atoms with Crippen LogP contribution in [0.25, 0.3) is 0 Å². The van der Waals surface area contributed by atoms with E-state index < -0.39 is 0 Å². The molecule has 0 unspecified atom stereocenters. The number of hydrogen-bond acceptors (Lipinski definition) is 1. The van der Waals surface area contributed by atoms with Gasteiger partial charge in [0.15, 0.2) is 0 Å². The Balaban J connectivity index is 3.09. The van der Waals surface area contributed by atoms with Crippen LogP contribution in [0.15, 0.2) is 18.2 Å². The van der Waals surface area contributed by atoms with Crippen LogP contribution >= 0.6 is 22.6 Å². The number of phenols is 1. The molecule has 0 saturated heterocycles. The second-order valence-electron chi connectivity index (χ2n) is 1.95. The van der Waals surface area contributed by atoms with Gasteiger partial charge in [-0.25, -0.2) is 0 Å². The molecule has 1 rings (SSSR count). The first-order valence-electron chi connectivity index (χ1n) is 2.86. The normalized spacial score (nSPS) is 9.80. The van der Waals surface area contributed by atoms with Crippen molar-refractivity contribution in [2.24, 2.45) is 0 Å². The fourth-order valence-electron chi connectivity index (χ4n) is 0.696. The highest BCUT2D eigenvalue weighted by atomic mass is 127. The molecule has 0 aliphatic heterocycles. The summed E-state index contributed by atoms with van der Waals surface area (Å²) in [6.07, 6.45) is 0. The predicted molar refractivity (Wildman–Crippen MR) is 50.3 cm³/mol. The van der Waals surface area contributed by atoms with E-state index in [-0.39, 0.29) is 0 Å². The van der Waals surface area contributed by atoms with Gasteiger partial charge in [0.25, 0.3) is 0 Å². The van der Waals surface area contributed by atoms with Crippen LogP contribution in [0.3, 0.4) is 0 Å². The lowest BCUT2D eigenvalue weighted by molar-refractivity contribution is 0.470. The molecule has 1 nitrogen and oxygen atoms in total. The first kappa shape index (κ1) is 8.07. The third kappa shape index (κ3) is 1.73. The van der Waals surface area contributed by atoms with Crippen LogP contribution in [0.1, 0.15) is 5.56 Å². The van der Waals surface area contributed by atoms with E-state index in [1.807, 2.05) is 12.1 Å². The van der Waals surface area contributed by atoms with Gasteiger partial charge in [-0.1, -0.05) is 0 Å². The van der Waals surface area contributed by atoms with Crippen LogP contribution in [0.2, 0.25) is 0 Å². The minimum Gasteiger partial charge on any atom is -0.508 e. The first-order valence-corrected chi connectivity index (χ1v) is 4.64. The molecule has 0 fully saturated rings. The van der Waals surface area contributed by atoms with E-state index in [1.165, 1.54) is 0 Å². The maximum Gasteiger partial charge on any atom is 0.118 e. The van der Waals surface area contributed by atoms with Crippen molar-refractivity contribution in [1.82, 2.24) is 0 Å². The lowest BCUT2D eigenvalue weighted by Crippen LogP contribution is -1.84. The molecular formula is C7H6IOSi. The van der Waals surface area contributed by atoms with Crippen molar-refractivity contribution in [2.45, 2.75) is 6.04 Å². The zero-order chi connectivity index (χ0) is 7.56. The molecule has 0 aliphatic carbocycles. The summed E-state index contributed by atoms with van der Waals surface area (Å²) in [5.74, 6) is 0.357. The molecule has 10 heavy (non-hydrogen) atoms. The van der Waals surface area contributed by atoms with Crippen LogP contribution < -0.4 is 0 Å². The van der Waals surface area contributed by atoms with E-state index in [0.717, 1.165) is 9.13 Å². The fourth-order valence-corrected chi connectivity index (χ4v) is 1.53. The van der Waals surface area contributed by atoms with Crippen molar-refractivity contribution >= 4 is 32.8 Å². The highest BCUT2D eigenvalue weighted by molar-refractivity contribution is 14.1. The van der Waals surface area contributed by atoms with Crippen molar-refractivity contribution < 1.29 is 5.11 Å². The lowest BCUT2D eigenvalue weighted by atomic mass is 10.2. The third-order valence-corrected chi connectivity index (χ3v) is 2.28. The van der Waals surface area contributed by atoms with E-state index in [0.29, 0.717) is 11.8 Å². The van der Waals surface area contributed by atoms with Gasteiger partial charge in [-0.3, -0.25) is 0 Å².